The second-order valence-electron chi connectivity index (χ2n) is 19.4. The molecule has 0 bridgehead atoms. The SMILES string of the molecule is CC.CN1CCNCC1.Cn1cc(Nc2ncnc(N3CCN(c4ncc(Cc5ccccc5)cn4)CC3)n2)cn1.Fc1cc(N2CCNCC2)ccc1Nc1ncnc(N2CCN(c3ncc(Cc4ccccc4)cn3)CC2)n1. The van der Waals surface area contributed by atoms with Gasteiger partial charge in [-0.25, -0.2) is 44.3 Å². The summed E-state index contributed by atoms with van der Waals surface area (Å²) >= 11 is 0. The van der Waals surface area contributed by atoms with Gasteiger partial charge in [0, 0.05) is 161 Å². The topological polar surface area (TPSA) is 214 Å². The molecule has 418 valence electrons. The quantitative estimate of drug-likeness (QED) is 0.113. The minimum absolute atomic E-state index is 0.314. The monoisotopic (exact) mass is 1080 g/mol. The number of anilines is 9. The highest BCUT2D eigenvalue weighted by Crippen LogP contribution is 2.26. The average molecular weight is 1090 g/mol. The second kappa shape index (κ2) is 28.9. The van der Waals surface area contributed by atoms with Crippen molar-refractivity contribution in [1.29, 1.82) is 0 Å². The average Bonchev–Trinajstić information content (AvgIpc) is 3.97. The number of nitrogens with one attached hydrogen (secondary N) is 4. The van der Waals surface area contributed by atoms with Crippen LogP contribution < -0.4 is 45.8 Å². The van der Waals surface area contributed by atoms with Gasteiger partial charge in [0.1, 0.15) is 18.5 Å². The first-order chi connectivity index (χ1) is 39.3. The lowest BCUT2D eigenvalue weighted by Gasteiger charge is -2.34. The summed E-state index contributed by atoms with van der Waals surface area (Å²) in [5.41, 5.74) is 6.74. The molecule has 12 rings (SSSR count). The van der Waals surface area contributed by atoms with Crippen LogP contribution in [0.1, 0.15) is 36.1 Å². The number of piperazine rings is 4. The summed E-state index contributed by atoms with van der Waals surface area (Å²) in [4.78, 5) is 57.7. The molecule has 0 saturated carbocycles. The lowest BCUT2D eigenvalue weighted by atomic mass is 10.1. The van der Waals surface area contributed by atoms with Gasteiger partial charge in [-0.15, -0.1) is 0 Å². The molecule has 4 aliphatic heterocycles. The number of aryl methyl sites for hydroxylation is 1. The Morgan fingerprint density at radius 2 is 0.912 bits per heavy atom. The Hall–Kier alpha value is -8.54. The van der Waals surface area contributed by atoms with Gasteiger partial charge in [-0.1, -0.05) is 74.5 Å². The van der Waals surface area contributed by atoms with E-state index in [0.29, 0.717) is 42.6 Å². The van der Waals surface area contributed by atoms with E-state index >= 15 is 0 Å². The normalized spacial score (nSPS) is 15.6. The van der Waals surface area contributed by atoms with Crippen molar-refractivity contribution in [2.45, 2.75) is 26.7 Å². The van der Waals surface area contributed by atoms with Crippen molar-refractivity contribution < 1.29 is 4.39 Å². The molecule has 9 heterocycles. The molecule has 0 aliphatic carbocycles. The highest BCUT2D eigenvalue weighted by atomic mass is 19.1. The van der Waals surface area contributed by atoms with E-state index in [2.05, 4.69) is 149 Å². The molecule has 0 spiro atoms. The van der Waals surface area contributed by atoms with E-state index in [1.807, 2.05) is 82.2 Å². The first-order valence-corrected chi connectivity index (χ1v) is 27.6. The van der Waals surface area contributed by atoms with E-state index in [1.54, 1.807) is 23.0 Å². The van der Waals surface area contributed by atoms with Crippen LogP contribution in [0.25, 0.3) is 0 Å². The van der Waals surface area contributed by atoms with Crippen LogP contribution in [-0.2, 0) is 19.9 Å². The number of benzene rings is 3. The minimum atomic E-state index is -0.337. The van der Waals surface area contributed by atoms with Crippen LogP contribution >= 0.6 is 0 Å². The fourth-order valence-electron chi connectivity index (χ4n) is 9.32. The van der Waals surface area contributed by atoms with Crippen LogP contribution in [0.15, 0.2) is 129 Å². The van der Waals surface area contributed by atoms with Crippen molar-refractivity contribution in [2.75, 3.05) is 147 Å². The van der Waals surface area contributed by atoms with Gasteiger partial charge < -0.3 is 50.7 Å². The van der Waals surface area contributed by atoms with Crippen LogP contribution in [0, 0.1) is 5.82 Å². The fraction of sp³-hybridized carbons (Fsp3) is 0.386. The van der Waals surface area contributed by atoms with Gasteiger partial charge in [-0.3, -0.25) is 4.68 Å². The van der Waals surface area contributed by atoms with Gasteiger partial charge in [0.15, 0.2) is 0 Å². The summed E-state index contributed by atoms with van der Waals surface area (Å²) in [5.74, 6) is 3.18. The van der Waals surface area contributed by atoms with Crippen molar-refractivity contribution in [2.24, 2.45) is 7.05 Å². The van der Waals surface area contributed by atoms with Crippen LogP contribution in [0.5, 0.6) is 0 Å². The highest BCUT2D eigenvalue weighted by Gasteiger charge is 2.24. The third kappa shape index (κ3) is 16.3. The van der Waals surface area contributed by atoms with Crippen molar-refractivity contribution in [3.63, 3.8) is 0 Å². The molecular weight excluding hydrogens is 1010 g/mol. The third-order valence-corrected chi connectivity index (χ3v) is 13.7. The van der Waals surface area contributed by atoms with E-state index in [9.17, 15) is 4.39 Å². The smallest absolute Gasteiger partial charge is 0.232 e. The Balaban J connectivity index is 0.000000170. The van der Waals surface area contributed by atoms with Crippen LogP contribution in [0.4, 0.5) is 57.1 Å². The molecule has 0 atom stereocenters. The zero-order chi connectivity index (χ0) is 55.3. The van der Waals surface area contributed by atoms with Crippen molar-refractivity contribution >= 4 is 52.8 Å². The molecule has 80 heavy (non-hydrogen) atoms. The second-order valence-corrected chi connectivity index (χ2v) is 19.4. The predicted octanol–water partition coefficient (Wildman–Crippen LogP) is 5.48. The molecule has 0 radical (unpaired) electrons. The number of aromatic nitrogens is 12. The predicted molar refractivity (Wildman–Crippen MR) is 314 cm³/mol. The summed E-state index contributed by atoms with van der Waals surface area (Å²) in [6.07, 6.45) is 15.9. The number of rotatable bonds is 13. The van der Waals surface area contributed by atoms with Gasteiger partial charge in [0.05, 0.1) is 17.6 Å². The first kappa shape index (κ1) is 56.2. The Morgan fingerprint density at radius 1 is 0.463 bits per heavy atom. The Labute approximate surface area is 468 Å². The lowest BCUT2D eigenvalue weighted by Crippen LogP contribution is -2.47. The molecule has 22 nitrogen and oxygen atoms in total. The summed E-state index contributed by atoms with van der Waals surface area (Å²) in [6.45, 7) is 18.4. The van der Waals surface area contributed by atoms with Gasteiger partial charge in [-0.05, 0) is 47.5 Å². The number of hydrogen-bond donors (Lipinski definition) is 4. The molecule has 4 N–H and O–H groups in total. The maximum absolute atomic E-state index is 14.9. The lowest BCUT2D eigenvalue weighted by molar-refractivity contribution is 0.291. The molecule has 23 heteroatoms. The summed E-state index contributed by atoms with van der Waals surface area (Å²) in [7, 11) is 4.02. The van der Waals surface area contributed by atoms with Gasteiger partial charge >= 0.3 is 0 Å². The standard InChI is InChI=1S/C28H31FN10.C22H24N10.C5H12N2.C2H6/c29-24-17-23(37-10-8-30-9-11-37)6-7-25(24)35-26-33-20-34-28(36-26)39-14-12-38(13-15-39)27-31-18-22(19-32-27)16-21-4-2-1-3-5-21;1-30-15-19(14-27-30)28-20-25-16-26-22(29-20)32-9-7-31(8-10-32)21-23-12-18(13-24-21)11-17-5-3-2-4-6-17;1-7-4-2-6-3-5-7;1-2/h1-7,17-20,30H,8-16H2,(H,33,34,35,36);2-6,12-16H,7-11H2,1H3,(H,25,26,28,29);6H,2-5H2,1H3;1-2H3. The Kier molecular flexibility index (Phi) is 20.3. The van der Waals surface area contributed by atoms with E-state index in [-0.39, 0.29) is 5.82 Å². The van der Waals surface area contributed by atoms with Crippen LogP contribution in [-0.4, -0.2) is 176 Å². The molecule has 4 saturated heterocycles. The minimum Gasteiger partial charge on any atom is -0.369 e. The number of hydrogen-bond acceptors (Lipinski definition) is 21. The van der Waals surface area contributed by atoms with Crippen molar-refractivity contribution in [3.05, 3.63) is 157 Å². The number of nitrogens with zero attached hydrogens (tertiary/aromatic N) is 18. The molecule has 4 aliphatic rings. The van der Waals surface area contributed by atoms with Gasteiger partial charge in [0.2, 0.25) is 35.7 Å². The maximum atomic E-state index is 14.9. The highest BCUT2D eigenvalue weighted by molar-refractivity contribution is 5.61. The zero-order valence-electron chi connectivity index (χ0n) is 46.3. The van der Waals surface area contributed by atoms with Crippen molar-refractivity contribution in [3.8, 4) is 0 Å². The zero-order valence-corrected chi connectivity index (χ0v) is 46.3. The largest absolute Gasteiger partial charge is 0.369 e. The van der Waals surface area contributed by atoms with E-state index in [1.165, 1.54) is 36.9 Å². The van der Waals surface area contributed by atoms with E-state index < -0.39 is 0 Å². The maximum Gasteiger partial charge on any atom is 0.232 e. The third-order valence-electron chi connectivity index (χ3n) is 13.7. The molecule has 3 aromatic carbocycles. The fourth-order valence-corrected chi connectivity index (χ4v) is 9.32. The number of likely N-dealkylation sites (N-methyl/N-ethyl adjacent to an activating group) is 1. The molecule has 5 aromatic heterocycles. The molecule has 4 fully saturated rings. The van der Waals surface area contributed by atoms with Gasteiger partial charge in [0.25, 0.3) is 0 Å². The molecular formula is C57H73FN22. The van der Waals surface area contributed by atoms with Crippen molar-refractivity contribution in [1.82, 2.24) is 75.2 Å². The summed E-state index contributed by atoms with van der Waals surface area (Å²) < 4.78 is 16.6. The van der Waals surface area contributed by atoms with Gasteiger partial charge in [-0.2, -0.15) is 15.1 Å². The molecule has 0 unspecified atom stereocenters. The summed E-state index contributed by atoms with van der Waals surface area (Å²) in [6, 6.07) is 25.9. The number of halogens is 1. The van der Waals surface area contributed by atoms with E-state index in [4.69, 9.17) is 0 Å². The Morgan fingerprint density at radius 3 is 1.34 bits per heavy atom. The van der Waals surface area contributed by atoms with Crippen LogP contribution in [0.2, 0.25) is 0 Å². The Bertz CT molecular complexity index is 3070. The summed E-state index contributed by atoms with van der Waals surface area (Å²) in [5, 5.41) is 16.9. The van der Waals surface area contributed by atoms with E-state index in [0.717, 1.165) is 126 Å². The van der Waals surface area contributed by atoms with Crippen LogP contribution in [0.3, 0.4) is 0 Å². The molecule has 0 amide bonds. The molecule has 8 aromatic rings. The first-order valence-electron chi connectivity index (χ1n) is 27.6.